The standard InChI is InChI=1S/C16H30N2O6/c1-2-3-4-8-17(9-5-14(19)20)12-13-18(10-6-15(21)22)11-7-16(23)24/h2-13H2,1H3,(H,19,20)(H,21,22)(H,23,24). The summed E-state index contributed by atoms with van der Waals surface area (Å²) < 4.78 is 0. The van der Waals surface area contributed by atoms with E-state index in [-0.39, 0.29) is 19.3 Å². The van der Waals surface area contributed by atoms with E-state index in [9.17, 15) is 14.4 Å². The third kappa shape index (κ3) is 14.0. The fourth-order valence-corrected chi connectivity index (χ4v) is 2.30. The number of carbonyl (C=O) groups is 3. The van der Waals surface area contributed by atoms with Gasteiger partial charge in [0.2, 0.25) is 0 Å². The maximum Gasteiger partial charge on any atom is 0.304 e. The van der Waals surface area contributed by atoms with Crippen molar-refractivity contribution < 1.29 is 29.7 Å². The number of carboxylic acid groups (broad SMARTS) is 3. The zero-order valence-electron chi connectivity index (χ0n) is 14.4. The summed E-state index contributed by atoms with van der Waals surface area (Å²) in [5, 5.41) is 26.4. The fraction of sp³-hybridized carbons (Fsp3) is 0.812. The van der Waals surface area contributed by atoms with Gasteiger partial charge < -0.3 is 25.1 Å². The molecule has 0 aliphatic carbocycles. The van der Waals surface area contributed by atoms with Crippen LogP contribution in [0.4, 0.5) is 0 Å². The fourth-order valence-electron chi connectivity index (χ4n) is 2.30. The number of hydrogen-bond acceptors (Lipinski definition) is 5. The smallest absolute Gasteiger partial charge is 0.304 e. The minimum atomic E-state index is -0.916. The Morgan fingerprint density at radius 2 is 1.00 bits per heavy atom. The lowest BCUT2D eigenvalue weighted by atomic mass is 10.2. The first-order chi connectivity index (χ1) is 11.3. The molecule has 0 aliphatic heterocycles. The summed E-state index contributed by atoms with van der Waals surface area (Å²) in [6.45, 7) is 5.08. The molecule has 0 atom stereocenters. The van der Waals surface area contributed by atoms with E-state index in [0.717, 1.165) is 25.8 Å². The predicted molar refractivity (Wildman–Crippen MR) is 89.2 cm³/mol. The van der Waals surface area contributed by atoms with Gasteiger partial charge in [-0.1, -0.05) is 19.8 Å². The molecule has 0 saturated heterocycles. The van der Waals surface area contributed by atoms with Gasteiger partial charge in [0.05, 0.1) is 19.3 Å². The number of hydrogen-bond donors (Lipinski definition) is 3. The third-order valence-corrected chi connectivity index (χ3v) is 3.74. The molecule has 0 bridgehead atoms. The monoisotopic (exact) mass is 346 g/mol. The van der Waals surface area contributed by atoms with E-state index in [0.29, 0.717) is 32.7 Å². The Balaban J connectivity index is 4.45. The summed E-state index contributed by atoms with van der Waals surface area (Å²) >= 11 is 0. The lowest BCUT2D eigenvalue weighted by Gasteiger charge is -2.27. The first-order valence-corrected chi connectivity index (χ1v) is 8.45. The molecule has 8 nitrogen and oxygen atoms in total. The van der Waals surface area contributed by atoms with Crippen molar-refractivity contribution in [2.75, 3.05) is 39.3 Å². The molecule has 8 heteroatoms. The number of aliphatic carboxylic acids is 3. The molecular formula is C16H30N2O6. The quantitative estimate of drug-likeness (QED) is 0.357. The highest BCUT2D eigenvalue weighted by molar-refractivity contribution is 5.67. The number of carboxylic acids is 3. The second kappa shape index (κ2) is 13.7. The molecule has 0 heterocycles. The second-order valence-corrected chi connectivity index (χ2v) is 5.82. The highest BCUT2D eigenvalue weighted by Crippen LogP contribution is 2.02. The summed E-state index contributed by atoms with van der Waals surface area (Å²) in [5.74, 6) is -2.67. The highest BCUT2D eigenvalue weighted by atomic mass is 16.4. The average molecular weight is 346 g/mol. The largest absolute Gasteiger partial charge is 0.481 e. The van der Waals surface area contributed by atoms with Gasteiger partial charge in [0.25, 0.3) is 0 Å². The van der Waals surface area contributed by atoms with Crippen molar-refractivity contribution in [3.8, 4) is 0 Å². The van der Waals surface area contributed by atoms with Crippen LogP contribution in [0.1, 0.15) is 45.4 Å². The second-order valence-electron chi connectivity index (χ2n) is 5.82. The Hall–Kier alpha value is -1.67. The summed E-state index contributed by atoms with van der Waals surface area (Å²) in [7, 11) is 0. The van der Waals surface area contributed by atoms with Gasteiger partial charge in [-0.2, -0.15) is 0 Å². The van der Waals surface area contributed by atoms with Gasteiger partial charge in [0, 0.05) is 32.7 Å². The summed E-state index contributed by atoms with van der Waals surface area (Å²) in [6.07, 6.45) is 3.13. The number of rotatable bonds is 16. The SMILES string of the molecule is CCCCCN(CCC(=O)O)CCN(CCC(=O)O)CCC(=O)O. The van der Waals surface area contributed by atoms with E-state index in [2.05, 4.69) is 11.8 Å². The molecule has 140 valence electrons. The Labute approximate surface area is 143 Å². The summed E-state index contributed by atoms with van der Waals surface area (Å²) in [4.78, 5) is 36.1. The molecule has 0 aromatic carbocycles. The number of unbranched alkanes of at least 4 members (excludes halogenated alkanes) is 2. The Bertz CT molecular complexity index is 371. The first kappa shape index (κ1) is 22.3. The van der Waals surface area contributed by atoms with Crippen molar-refractivity contribution in [1.82, 2.24) is 9.80 Å². The van der Waals surface area contributed by atoms with Crippen LogP contribution in [0.5, 0.6) is 0 Å². The molecule has 0 amide bonds. The van der Waals surface area contributed by atoms with Crippen LogP contribution >= 0.6 is 0 Å². The van der Waals surface area contributed by atoms with E-state index in [1.807, 2.05) is 4.90 Å². The number of nitrogens with zero attached hydrogens (tertiary/aromatic N) is 2. The normalized spacial score (nSPS) is 11.1. The maximum absolute atomic E-state index is 10.8. The minimum absolute atomic E-state index is 0.0371. The zero-order valence-corrected chi connectivity index (χ0v) is 14.4. The first-order valence-electron chi connectivity index (χ1n) is 8.45. The molecule has 3 N–H and O–H groups in total. The van der Waals surface area contributed by atoms with E-state index in [1.54, 1.807) is 0 Å². The highest BCUT2D eigenvalue weighted by Gasteiger charge is 2.13. The molecule has 0 rings (SSSR count). The van der Waals surface area contributed by atoms with E-state index < -0.39 is 17.9 Å². The average Bonchev–Trinajstić information content (AvgIpc) is 2.50. The Morgan fingerprint density at radius 3 is 1.33 bits per heavy atom. The maximum atomic E-state index is 10.8. The molecule has 0 radical (unpaired) electrons. The molecule has 0 unspecified atom stereocenters. The van der Waals surface area contributed by atoms with Gasteiger partial charge in [-0.15, -0.1) is 0 Å². The van der Waals surface area contributed by atoms with Gasteiger partial charge in [0.15, 0.2) is 0 Å². The molecule has 0 spiro atoms. The topological polar surface area (TPSA) is 118 Å². The van der Waals surface area contributed by atoms with Crippen LogP contribution in [0, 0.1) is 0 Å². The van der Waals surface area contributed by atoms with Crippen LogP contribution in [0.3, 0.4) is 0 Å². The van der Waals surface area contributed by atoms with Gasteiger partial charge in [-0.25, -0.2) is 0 Å². The molecule has 0 aromatic heterocycles. The van der Waals surface area contributed by atoms with Crippen molar-refractivity contribution in [3.05, 3.63) is 0 Å². The molecular weight excluding hydrogens is 316 g/mol. The van der Waals surface area contributed by atoms with Gasteiger partial charge in [-0.3, -0.25) is 14.4 Å². The van der Waals surface area contributed by atoms with Crippen LogP contribution in [-0.4, -0.2) is 82.3 Å². The minimum Gasteiger partial charge on any atom is -0.481 e. The molecule has 0 saturated carbocycles. The van der Waals surface area contributed by atoms with E-state index in [1.165, 1.54) is 0 Å². The Morgan fingerprint density at radius 1 is 0.625 bits per heavy atom. The van der Waals surface area contributed by atoms with Crippen molar-refractivity contribution in [2.45, 2.75) is 45.4 Å². The lowest BCUT2D eigenvalue weighted by molar-refractivity contribution is -0.139. The van der Waals surface area contributed by atoms with Gasteiger partial charge in [0.1, 0.15) is 0 Å². The molecule has 0 aromatic rings. The van der Waals surface area contributed by atoms with Crippen LogP contribution in [0.15, 0.2) is 0 Å². The van der Waals surface area contributed by atoms with Crippen molar-refractivity contribution in [3.63, 3.8) is 0 Å². The van der Waals surface area contributed by atoms with Gasteiger partial charge >= 0.3 is 17.9 Å². The third-order valence-electron chi connectivity index (χ3n) is 3.74. The molecule has 0 aliphatic rings. The predicted octanol–water partition coefficient (Wildman–Crippen LogP) is 1.20. The van der Waals surface area contributed by atoms with Crippen LogP contribution in [0.2, 0.25) is 0 Å². The van der Waals surface area contributed by atoms with E-state index >= 15 is 0 Å². The van der Waals surface area contributed by atoms with Gasteiger partial charge in [-0.05, 0) is 13.0 Å². The Kier molecular flexibility index (Phi) is 12.8. The molecule has 0 fully saturated rings. The summed E-state index contributed by atoms with van der Waals surface area (Å²) in [5.41, 5.74) is 0. The van der Waals surface area contributed by atoms with Crippen molar-refractivity contribution in [2.24, 2.45) is 0 Å². The van der Waals surface area contributed by atoms with Crippen molar-refractivity contribution in [1.29, 1.82) is 0 Å². The zero-order chi connectivity index (χ0) is 18.4. The molecule has 24 heavy (non-hydrogen) atoms. The van der Waals surface area contributed by atoms with Crippen LogP contribution in [-0.2, 0) is 14.4 Å². The van der Waals surface area contributed by atoms with Crippen LogP contribution in [0.25, 0.3) is 0 Å². The van der Waals surface area contributed by atoms with Crippen LogP contribution < -0.4 is 0 Å². The van der Waals surface area contributed by atoms with E-state index in [4.69, 9.17) is 15.3 Å². The lowest BCUT2D eigenvalue weighted by Crippen LogP contribution is -2.38. The summed E-state index contributed by atoms with van der Waals surface area (Å²) in [6, 6.07) is 0. The van der Waals surface area contributed by atoms with Crippen molar-refractivity contribution >= 4 is 17.9 Å².